The minimum absolute atomic E-state index is 0.937. The van der Waals surface area contributed by atoms with Crippen molar-refractivity contribution in [2.24, 2.45) is 0 Å². The monoisotopic (exact) mass is 508 g/mol. The molecule has 0 saturated carbocycles. The lowest BCUT2D eigenvalue weighted by Gasteiger charge is -2.19. The lowest BCUT2D eigenvalue weighted by Crippen LogP contribution is -2.14. The van der Waals surface area contributed by atoms with E-state index in [1.807, 2.05) is 40.9 Å². The van der Waals surface area contributed by atoms with Gasteiger partial charge in [-0.15, -0.1) is 45.3 Å². The van der Waals surface area contributed by atoms with Crippen molar-refractivity contribution in [2.45, 2.75) is 27.7 Å². The van der Waals surface area contributed by atoms with Crippen LogP contribution in [0.25, 0.3) is 20.3 Å². The molecule has 1 atom stereocenters. The average molecular weight is 509 g/mol. The van der Waals surface area contributed by atoms with E-state index in [9.17, 15) is 0 Å². The maximum atomic E-state index is 15.6. The van der Waals surface area contributed by atoms with Crippen molar-refractivity contribution < 1.29 is 4.57 Å². The van der Waals surface area contributed by atoms with Gasteiger partial charge in [0, 0.05) is 50.8 Å². The number of aryl methyl sites for hydroxylation is 4. The van der Waals surface area contributed by atoms with Crippen molar-refractivity contribution in [3.63, 3.8) is 0 Å². The summed E-state index contributed by atoms with van der Waals surface area (Å²) in [5, 5.41) is 5.18. The van der Waals surface area contributed by atoms with Crippen LogP contribution in [0.1, 0.15) is 35.5 Å². The van der Waals surface area contributed by atoms with Crippen LogP contribution < -0.4 is 10.6 Å². The molecule has 160 valence electrons. The van der Waals surface area contributed by atoms with Crippen molar-refractivity contribution >= 4 is 83.4 Å². The van der Waals surface area contributed by atoms with Crippen LogP contribution in [0.3, 0.4) is 0 Å². The van der Waals surface area contributed by atoms with Crippen LogP contribution in [-0.2, 0) is 4.57 Å². The molecule has 1 aliphatic heterocycles. The van der Waals surface area contributed by atoms with E-state index in [-0.39, 0.29) is 0 Å². The van der Waals surface area contributed by atoms with Gasteiger partial charge in [-0.05, 0) is 56.8 Å². The molecule has 1 aliphatic rings. The van der Waals surface area contributed by atoms with Crippen molar-refractivity contribution in [3.05, 3.63) is 89.4 Å². The van der Waals surface area contributed by atoms with Crippen LogP contribution in [0, 0.1) is 27.7 Å². The topological polar surface area (TPSA) is 17.1 Å². The second-order valence-electron chi connectivity index (χ2n) is 8.22. The first kappa shape index (κ1) is 20.8. The van der Waals surface area contributed by atoms with Crippen LogP contribution in [0.2, 0.25) is 0 Å². The van der Waals surface area contributed by atoms with Crippen molar-refractivity contribution in [1.29, 1.82) is 0 Å². The summed E-state index contributed by atoms with van der Waals surface area (Å²) in [6.07, 6.45) is 0. The summed E-state index contributed by atoms with van der Waals surface area (Å²) in [4.78, 5) is 6.30. The molecule has 0 bridgehead atoms. The Hall–Kier alpha value is -1.75. The van der Waals surface area contributed by atoms with E-state index >= 15 is 4.57 Å². The second kappa shape index (κ2) is 7.38. The molecular weight excluding hydrogens is 488 g/mol. The average Bonchev–Trinajstić information content (AvgIpc) is 3.53. The summed E-state index contributed by atoms with van der Waals surface area (Å²) in [6.45, 7) is 8.69. The summed E-state index contributed by atoms with van der Waals surface area (Å²) < 4.78 is 18.0. The van der Waals surface area contributed by atoms with E-state index in [0.29, 0.717) is 0 Å². The van der Waals surface area contributed by atoms with Crippen LogP contribution >= 0.6 is 52.5 Å². The third kappa shape index (κ3) is 2.82. The highest BCUT2D eigenvalue weighted by atomic mass is 32.1. The van der Waals surface area contributed by atoms with E-state index in [2.05, 4.69) is 63.4 Å². The minimum Gasteiger partial charge on any atom is -0.308 e. The predicted molar refractivity (Wildman–Crippen MR) is 147 cm³/mol. The first-order valence-corrected chi connectivity index (χ1v) is 15.5. The molecule has 0 saturated heterocycles. The molecule has 0 N–H and O–H groups in total. The number of rotatable bonds is 3. The van der Waals surface area contributed by atoms with Gasteiger partial charge in [-0.1, -0.05) is 30.3 Å². The zero-order valence-electron chi connectivity index (χ0n) is 18.2. The molecule has 0 radical (unpaired) electrons. The molecule has 0 spiro atoms. The number of hydrogen-bond acceptors (Lipinski definition) is 5. The van der Waals surface area contributed by atoms with E-state index < -0.39 is 7.14 Å². The quantitative estimate of drug-likeness (QED) is 0.223. The zero-order chi connectivity index (χ0) is 22.2. The highest BCUT2D eigenvalue weighted by Crippen LogP contribution is 2.69. The summed E-state index contributed by atoms with van der Waals surface area (Å²) in [6, 6.07) is 16.9. The van der Waals surface area contributed by atoms with Gasteiger partial charge in [-0.2, -0.15) is 0 Å². The standard InChI is InChI=1S/C26H21OPS4/c1-14-12-19(16(3)30-14)22-23(20-13-15(2)31-17(20)4)28(27,18-8-6-5-7-9-18)24-25-21(10-11-29-25)32-26(22)24/h5-13H,1-4H3. The summed E-state index contributed by atoms with van der Waals surface area (Å²) in [7, 11) is -3.04. The lowest BCUT2D eigenvalue weighted by molar-refractivity contribution is 0.593. The number of benzene rings is 1. The van der Waals surface area contributed by atoms with E-state index in [1.54, 1.807) is 22.7 Å². The van der Waals surface area contributed by atoms with Gasteiger partial charge in [-0.3, -0.25) is 0 Å². The highest BCUT2D eigenvalue weighted by molar-refractivity contribution is 7.90. The number of fused-ring (bicyclic) bond motifs is 3. The molecule has 6 rings (SSSR count). The van der Waals surface area contributed by atoms with Crippen LogP contribution in [0.5, 0.6) is 0 Å². The maximum absolute atomic E-state index is 15.6. The molecule has 5 aromatic rings. The molecule has 1 unspecified atom stereocenters. The molecule has 5 heterocycles. The molecule has 1 nitrogen and oxygen atoms in total. The summed E-state index contributed by atoms with van der Waals surface area (Å²) in [5.41, 5.74) is 3.60. The van der Waals surface area contributed by atoms with Crippen LogP contribution in [0.15, 0.2) is 53.9 Å². The maximum Gasteiger partial charge on any atom is 0.175 e. The fourth-order valence-corrected chi connectivity index (χ4v) is 13.5. The third-order valence-corrected chi connectivity index (χ3v) is 13.8. The molecule has 32 heavy (non-hydrogen) atoms. The van der Waals surface area contributed by atoms with Gasteiger partial charge < -0.3 is 4.57 Å². The summed E-state index contributed by atoms with van der Waals surface area (Å²) >= 11 is 7.16. The van der Waals surface area contributed by atoms with Gasteiger partial charge in [0.25, 0.3) is 0 Å². The largest absolute Gasteiger partial charge is 0.308 e. The van der Waals surface area contributed by atoms with Gasteiger partial charge in [0.15, 0.2) is 7.14 Å². The molecule has 1 aromatic carbocycles. The normalized spacial score (nSPS) is 18.1. The molecular formula is C26H21OPS4. The Morgan fingerprint density at radius 1 is 0.781 bits per heavy atom. The predicted octanol–water partition coefficient (Wildman–Crippen LogP) is 8.56. The number of thiophene rings is 4. The van der Waals surface area contributed by atoms with Gasteiger partial charge >= 0.3 is 0 Å². The Morgan fingerprint density at radius 2 is 1.44 bits per heavy atom. The first-order valence-electron chi connectivity index (χ1n) is 10.5. The zero-order valence-corrected chi connectivity index (χ0v) is 22.3. The van der Waals surface area contributed by atoms with Crippen molar-refractivity contribution in [3.8, 4) is 0 Å². The van der Waals surface area contributed by atoms with E-state index in [1.165, 1.54) is 44.9 Å². The summed E-state index contributed by atoms with van der Waals surface area (Å²) in [5.74, 6) is 0. The van der Waals surface area contributed by atoms with Gasteiger partial charge in [-0.25, -0.2) is 0 Å². The third-order valence-electron chi connectivity index (χ3n) is 6.09. The Labute approximate surface area is 204 Å². The second-order valence-corrected chi connectivity index (χ2v) is 15.7. The van der Waals surface area contributed by atoms with E-state index in [0.717, 1.165) is 21.5 Å². The molecule has 0 amide bonds. The Kier molecular flexibility index (Phi) is 4.80. The SMILES string of the molecule is Cc1cc(C2=C(c3cc(C)sc3C)P(=O)(c3ccccc3)c3c2sc2ccsc32)c(C)s1. The van der Waals surface area contributed by atoms with Crippen molar-refractivity contribution in [2.75, 3.05) is 0 Å². The van der Waals surface area contributed by atoms with Gasteiger partial charge in [0.05, 0.1) is 10.0 Å². The Balaban J connectivity index is 1.83. The molecule has 6 heteroatoms. The fraction of sp³-hybridized carbons (Fsp3) is 0.154. The Bertz CT molecular complexity index is 1590. The van der Waals surface area contributed by atoms with Crippen molar-refractivity contribution in [1.82, 2.24) is 0 Å². The first-order chi connectivity index (χ1) is 15.4. The van der Waals surface area contributed by atoms with Crippen LogP contribution in [-0.4, -0.2) is 0 Å². The smallest absolute Gasteiger partial charge is 0.175 e. The molecule has 0 fully saturated rings. The Morgan fingerprint density at radius 3 is 2.06 bits per heavy atom. The number of hydrogen-bond donors (Lipinski definition) is 0. The highest BCUT2D eigenvalue weighted by Gasteiger charge is 2.47. The molecule has 4 aromatic heterocycles. The minimum atomic E-state index is -3.04. The molecule has 0 aliphatic carbocycles. The lowest BCUT2D eigenvalue weighted by atomic mass is 10.0. The van der Waals surface area contributed by atoms with Gasteiger partial charge in [0.2, 0.25) is 0 Å². The van der Waals surface area contributed by atoms with E-state index in [4.69, 9.17) is 0 Å². The van der Waals surface area contributed by atoms with Crippen LogP contribution in [0.4, 0.5) is 0 Å². The van der Waals surface area contributed by atoms with Gasteiger partial charge in [0.1, 0.15) is 0 Å². The fourth-order valence-electron chi connectivity index (χ4n) is 4.84.